The number of nitrogens with zero attached hydrogens (tertiary/aromatic N) is 5. The molecule has 0 bridgehead atoms. The molecule has 0 amide bonds. The third-order valence-corrected chi connectivity index (χ3v) is 6.69. The quantitative estimate of drug-likeness (QED) is 0.830. The molecule has 22 heavy (non-hydrogen) atoms. The van der Waals surface area contributed by atoms with Crippen LogP contribution in [0.5, 0.6) is 0 Å². The van der Waals surface area contributed by atoms with E-state index in [-0.39, 0.29) is 5.25 Å². The first-order chi connectivity index (χ1) is 10.5. The van der Waals surface area contributed by atoms with Gasteiger partial charge in [0.25, 0.3) is 0 Å². The van der Waals surface area contributed by atoms with Crippen LogP contribution < -0.4 is 4.90 Å². The molecule has 2 fully saturated rings. The zero-order valence-corrected chi connectivity index (χ0v) is 13.3. The lowest BCUT2D eigenvalue weighted by Crippen LogP contribution is -2.49. The molecule has 118 valence electrons. The van der Waals surface area contributed by atoms with E-state index >= 15 is 0 Å². The Balaban J connectivity index is 1.50. The van der Waals surface area contributed by atoms with E-state index in [0.29, 0.717) is 26.2 Å². The van der Waals surface area contributed by atoms with Gasteiger partial charge in [-0.2, -0.15) is 4.31 Å². The first-order valence-corrected chi connectivity index (χ1v) is 9.11. The number of piperazine rings is 1. The van der Waals surface area contributed by atoms with Crippen LogP contribution in [0.25, 0.3) is 5.65 Å². The zero-order chi connectivity index (χ0) is 15.3. The summed E-state index contributed by atoms with van der Waals surface area (Å²) in [5.41, 5.74) is 1.76. The molecular weight excluding hydrogens is 302 g/mol. The topological polar surface area (TPSA) is 70.8 Å². The summed E-state index contributed by atoms with van der Waals surface area (Å²) in [6.07, 6.45) is 3.54. The van der Waals surface area contributed by atoms with Crippen molar-refractivity contribution in [3.8, 4) is 0 Å². The molecule has 7 nitrogen and oxygen atoms in total. The maximum absolute atomic E-state index is 12.2. The SMILES string of the molecule is Cc1cn2nc(N3CCN(S(=O)(=O)C4CC4)CC3)ccc2n1. The summed E-state index contributed by atoms with van der Waals surface area (Å²) in [5.74, 6) is 0.869. The minimum atomic E-state index is -3.05. The fourth-order valence-corrected chi connectivity index (χ4v) is 4.73. The molecule has 3 heterocycles. The van der Waals surface area contributed by atoms with Crippen molar-refractivity contribution in [2.45, 2.75) is 25.0 Å². The summed E-state index contributed by atoms with van der Waals surface area (Å²) in [5, 5.41) is 4.44. The van der Waals surface area contributed by atoms with Gasteiger partial charge < -0.3 is 4.90 Å². The van der Waals surface area contributed by atoms with Crippen LogP contribution in [0.1, 0.15) is 18.5 Å². The van der Waals surface area contributed by atoms with Gasteiger partial charge in [-0.25, -0.2) is 17.9 Å². The second kappa shape index (κ2) is 4.92. The van der Waals surface area contributed by atoms with E-state index < -0.39 is 10.0 Å². The Kier molecular flexibility index (Phi) is 3.12. The van der Waals surface area contributed by atoms with Crippen molar-refractivity contribution in [1.82, 2.24) is 18.9 Å². The summed E-state index contributed by atoms with van der Waals surface area (Å²) in [6.45, 7) is 4.38. The van der Waals surface area contributed by atoms with E-state index in [1.807, 2.05) is 25.3 Å². The average Bonchev–Trinajstić information content (AvgIpc) is 3.29. The molecule has 1 saturated heterocycles. The van der Waals surface area contributed by atoms with Gasteiger partial charge in [-0.05, 0) is 31.9 Å². The fraction of sp³-hybridized carbons (Fsp3) is 0.571. The highest BCUT2D eigenvalue weighted by atomic mass is 32.2. The number of hydrogen-bond donors (Lipinski definition) is 0. The first-order valence-electron chi connectivity index (χ1n) is 7.61. The van der Waals surface area contributed by atoms with E-state index in [9.17, 15) is 8.42 Å². The van der Waals surface area contributed by atoms with Crippen LogP contribution in [-0.4, -0.2) is 58.8 Å². The summed E-state index contributed by atoms with van der Waals surface area (Å²) in [4.78, 5) is 6.50. The van der Waals surface area contributed by atoms with Crippen molar-refractivity contribution in [3.05, 3.63) is 24.0 Å². The normalized spacial score (nSPS) is 20.7. The van der Waals surface area contributed by atoms with Gasteiger partial charge in [0.05, 0.1) is 17.1 Å². The molecule has 0 radical (unpaired) electrons. The van der Waals surface area contributed by atoms with Crippen LogP contribution >= 0.6 is 0 Å². The Bertz CT molecular complexity index is 804. The second-order valence-electron chi connectivity index (χ2n) is 6.01. The number of rotatable bonds is 3. The van der Waals surface area contributed by atoms with Crippen LogP contribution in [-0.2, 0) is 10.0 Å². The molecule has 2 aliphatic rings. The van der Waals surface area contributed by atoms with Gasteiger partial charge in [0.2, 0.25) is 10.0 Å². The minimum absolute atomic E-state index is 0.123. The Hall–Kier alpha value is -1.67. The number of hydrogen-bond acceptors (Lipinski definition) is 5. The molecule has 0 spiro atoms. The molecule has 0 N–H and O–H groups in total. The molecule has 1 aliphatic carbocycles. The Labute approximate surface area is 129 Å². The number of anilines is 1. The average molecular weight is 321 g/mol. The predicted molar refractivity (Wildman–Crippen MR) is 83.5 cm³/mol. The van der Waals surface area contributed by atoms with Gasteiger partial charge >= 0.3 is 0 Å². The van der Waals surface area contributed by atoms with Crippen LogP contribution in [0.15, 0.2) is 18.3 Å². The van der Waals surface area contributed by atoms with Gasteiger partial charge in [-0.15, -0.1) is 5.10 Å². The maximum atomic E-state index is 12.2. The van der Waals surface area contributed by atoms with Gasteiger partial charge in [0, 0.05) is 26.2 Å². The largest absolute Gasteiger partial charge is 0.353 e. The second-order valence-corrected chi connectivity index (χ2v) is 8.22. The first kappa shape index (κ1) is 14.0. The Morgan fingerprint density at radius 2 is 1.86 bits per heavy atom. The summed E-state index contributed by atoms with van der Waals surface area (Å²) < 4.78 is 27.9. The van der Waals surface area contributed by atoms with E-state index in [1.165, 1.54) is 0 Å². The van der Waals surface area contributed by atoms with Crippen molar-refractivity contribution in [1.29, 1.82) is 0 Å². The predicted octanol–water partition coefficient (Wildman–Crippen LogP) is 0.652. The minimum Gasteiger partial charge on any atom is -0.353 e. The Morgan fingerprint density at radius 3 is 2.55 bits per heavy atom. The van der Waals surface area contributed by atoms with Crippen molar-refractivity contribution in [3.63, 3.8) is 0 Å². The smallest absolute Gasteiger partial charge is 0.217 e. The van der Waals surface area contributed by atoms with Crippen LogP contribution in [0.3, 0.4) is 0 Å². The molecule has 0 atom stereocenters. The Morgan fingerprint density at radius 1 is 1.14 bits per heavy atom. The molecule has 4 rings (SSSR count). The summed E-state index contributed by atoms with van der Waals surface area (Å²) >= 11 is 0. The van der Waals surface area contributed by atoms with E-state index in [4.69, 9.17) is 0 Å². The van der Waals surface area contributed by atoms with Gasteiger partial charge in [0.1, 0.15) is 5.82 Å². The van der Waals surface area contributed by atoms with Crippen molar-refractivity contribution in [2.75, 3.05) is 31.1 Å². The van der Waals surface area contributed by atoms with Crippen molar-refractivity contribution >= 4 is 21.5 Å². The number of sulfonamides is 1. The highest BCUT2D eigenvalue weighted by Gasteiger charge is 2.41. The fourth-order valence-electron chi connectivity index (χ4n) is 2.91. The van der Waals surface area contributed by atoms with Crippen molar-refractivity contribution in [2.24, 2.45) is 0 Å². The standard InChI is InChI=1S/C14H19N5O2S/c1-11-10-19-13(15-11)4-5-14(16-19)17-6-8-18(9-7-17)22(20,21)12-2-3-12/h4-5,10,12H,2-3,6-9H2,1H3. The van der Waals surface area contributed by atoms with Gasteiger partial charge in [-0.3, -0.25) is 0 Å². The highest BCUT2D eigenvalue weighted by Crippen LogP contribution is 2.31. The number of aromatic nitrogens is 3. The van der Waals surface area contributed by atoms with Gasteiger partial charge in [-0.1, -0.05) is 0 Å². The van der Waals surface area contributed by atoms with Crippen LogP contribution in [0, 0.1) is 6.92 Å². The van der Waals surface area contributed by atoms with E-state index in [1.54, 1.807) is 8.82 Å². The van der Waals surface area contributed by atoms with Crippen LogP contribution in [0.4, 0.5) is 5.82 Å². The highest BCUT2D eigenvalue weighted by molar-refractivity contribution is 7.90. The zero-order valence-electron chi connectivity index (χ0n) is 12.5. The lowest BCUT2D eigenvalue weighted by Gasteiger charge is -2.34. The molecule has 0 aromatic carbocycles. The van der Waals surface area contributed by atoms with Crippen LogP contribution in [0.2, 0.25) is 0 Å². The number of aryl methyl sites for hydroxylation is 1. The molecule has 8 heteroatoms. The molecule has 0 unspecified atom stereocenters. The summed E-state index contributed by atoms with van der Waals surface area (Å²) in [6, 6.07) is 3.90. The van der Waals surface area contributed by atoms with E-state index in [2.05, 4.69) is 15.0 Å². The molecule has 1 saturated carbocycles. The third-order valence-electron chi connectivity index (χ3n) is 4.29. The molecule has 2 aromatic heterocycles. The molecule has 2 aromatic rings. The lowest BCUT2D eigenvalue weighted by molar-refractivity contribution is 0.382. The lowest BCUT2D eigenvalue weighted by atomic mass is 10.3. The summed E-state index contributed by atoms with van der Waals surface area (Å²) in [7, 11) is -3.05. The maximum Gasteiger partial charge on any atom is 0.217 e. The number of imidazole rings is 1. The van der Waals surface area contributed by atoms with E-state index in [0.717, 1.165) is 30.0 Å². The molecular formula is C14H19N5O2S. The number of fused-ring (bicyclic) bond motifs is 1. The monoisotopic (exact) mass is 321 g/mol. The van der Waals surface area contributed by atoms with Gasteiger partial charge in [0.15, 0.2) is 5.65 Å². The third kappa shape index (κ3) is 2.36. The molecule has 1 aliphatic heterocycles. The van der Waals surface area contributed by atoms with Crippen molar-refractivity contribution < 1.29 is 8.42 Å².